The van der Waals surface area contributed by atoms with Gasteiger partial charge >= 0.3 is 0 Å². The van der Waals surface area contributed by atoms with Gasteiger partial charge in [0.2, 0.25) is 0 Å². The summed E-state index contributed by atoms with van der Waals surface area (Å²) in [5.74, 6) is 0. The highest BCUT2D eigenvalue weighted by Gasteiger charge is 1.92. The smallest absolute Gasteiger partial charge is 0.0809 e. The van der Waals surface area contributed by atoms with E-state index in [-0.39, 0.29) is 0 Å². The van der Waals surface area contributed by atoms with E-state index in [0.29, 0.717) is 0 Å². The lowest BCUT2D eigenvalue weighted by molar-refractivity contribution is 0.119. The van der Waals surface area contributed by atoms with Crippen molar-refractivity contribution in [2.75, 3.05) is 6.61 Å². The first-order chi connectivity index (χ1) is 6.43. The van der Waals surface area contributed by atoms with Gasteiger partial charge in [0.25, 0.3) is 0 Å². The van der Waals surface area contributed by atoms with Gasteiger partial charge < -0.3 is 4.74 Å². The molecule has 0 saturated carbocycles. The molecule has 0 amide bonds. The average molecular weight is 196 g/mol. The Bertz CT molecular complexity index is 216. The quantitative estimate of drug-likeness (QED) is 0.478. The van der Waals surface area contributed by atoms with Gasteiger partial charge in [-0.1, -0.05) is 12.1 Å². The van der Waals surface area contributed by atoms with Crippen LogP contribution in [-0.2, 0) is 11.3 Å². The molecule has 0 N–H and O–H groups in total. The van der Waals surface area contributed by atoms with Crippen LogP contribution in [0, 0.1) is 0 Å². The maximum Gasteiger partial charge on any atom is 0.0809 e. The molecule has 0 aliphatic heterocycles. The molecule has 1 nitrogen and oxygen atoms in total. The number of allylic oxidation sites excluding steroid dienone is 1. The van der Waals surface area contributed by atoms with E-state index in [2.05, 4.69) is 24.1 Å². The maximum atomic E-state index is 5.50. The van der Waals surface area contributed by atoms with Gasteiger partial charge in [-0.2, -0.15) is 0 Å². The predicted octanol–water partition coefficient (Wildman–Crippen LogP) is 3.62. The van der Waals surface area contributed by atoms with Gasteiger partial charge in [-0.3, -0.25) is 0 Å². The van der Waals surface area contributed by atoms with Gasteiger partial charge in [0, 0.05) is 11.5 Å². The number of rotatable bonds is 7. The normalized spacial score (nSPS) is 10.2. The van der Waals surface area contributed by atoms with Crippen molar-refractivity contribution in [2.24, 2.45) is 0 Å². The molecule has 2 heteroatoms. The summed E-state index contributed by atoms with van der Waals surface area (Å²) < 4.78 is 5.50. The summed E-state index contributed by atoms with van der Waals surface area (Å²) >= 11 is 1.75. The van der Waals surface area contributed by atoms with E-state index < -0.39 is 0 Å². The molecular weight excluding hydrogens is 180 g/mol. The van der Waals surface area contributed by atoms with Crippen molar-refractivity contribution in [3.8, 4) is 0 Å². The summed E-state index contributed by atoms with van der Waals surface area (Å²) in [6, 6.07) is 4.16. The second-order valence-corrected chi connectivity index (χ2v) is 3.95. The van der Waals surface area contributed by atoms with Crippen molar-refractivity contribution in [1.82, 2.24) is 0 Å². The van der Waals surface area contributed by atoms with Crippen LogP contribution in [0.1, 0.15) is 24.1 Å². The third kappa shape index (κ3) is 4.86. The lowest BCUT2D eigenvalue weighted by atomic mass is 10.2. The molecule has 0 saturated heterocycles. The zero-order chi connectivity index (χ0) is 9.36. The number of hydrogen-bond acceptors (Lipinski definition) is 2. The SMILES string of the molecule is C=CCCCCOCc1cccs1. The Balaban J connectivity index is 1.93. The van der Waals surface area contributed by atoms with Gasteiger partial charge in [0.15, 0.2) is 0 Å². The van der Waals surface area contributed by atoms with E-state index in [4.69, 9.17) is 4.74 Å². The fraction of sp³-hybridized carbons (Fsp3) is 0.455. The van der Waals surface area contributed by atoms with Crippen molar-refractivity contribution in [3.05, 3.63) is 35.0 Å². The molecule has 0 radical (unpaired) electrons. The standard InChI is InChI=1S/C11H16OS/c1-2-3-4-5-8-12-10-11-7-6-9-13-11/h2,6-7,9H,1,3-5,8,10H2. The minimum absolute atomic E-state index is 0.770. The second-order valence-electron chi connectivity index (χ2n) is 2.92. The van der Waals surface area contributed by atoms with E-state index in [9.17, 15) is 0 Å². The van der Waals surface area contributed by atoms with Gasteiger partial charge in [0.05, 0.1) is 6.61 Å². The van der Waals surface area contributed by atoms with Crippen LogP contribution in [0.3, 0.4) is 0 Å². The molecule has 1 aromatic heterocycles. The minimum atomic E-state index is 0.770. The van der Waals surface area contributed by atoms with E-state index >= 15 is 0 Å². The average Bonchev–Trinajstić information content (AvgIpc) is 2.63. The first kappa shape index (κ1) is 10.5. The molecule has 0 fully saturated rings. The van der Waals surface area contributed by atoms with Gasteiger partial charge in [-0.05, 0) is 30.7 Å². The van der Waals surface area contributed by atoms with Crippen molar-refractivity contribution < 1.29 is 4.74 Å². The summed E-state index contributed by atoms with van der Waals surface area (Å²) in [5, 5.41) is 2.08. The summed E-state index contributed by atoms with van der Waals surface area (Å²) in [7, 11) is 0. The number of hydrogen-bond donors (Lipinski definition) is 0. The predicted molar refractivity (Wildman–Crippen MR) is 58.0 cm³/mol. The van der Waals surface area contributed by atoms with Crippen LogP contribution in [0.15, 0.2) is 30.2 Å². The molecule has 0 spiro atoms. The third-order valence-electron chi connectivity index (χ3n) is 1.77. The van der Waals surface area contributed by atoms with Crippen LogP contribution in [0.25, 0.3) is 0 Å². The molecule has 1 aromatic rings. The minimum Gasteiger partial charge on any atom is -0.376 e. The monoisotopic (exact) mass is 196 g/mol. The second kappa shape index (κ2) is 6.87. The van der Waals surface area contributed by atoms with Crippen LogP contribution in [-0.4, -0.2) is 6.61 Å². The zero-order valence-corrected chi connectivity index (χ0v) is 8.69. The highest BCUT2D eigenvalue weighted by Crippen LogP contribution is 2.09. The molecule has 0 aliphatic rings. The molecule has 13 heavy (non-hydrogen) atoms. The van der Waals surface area contributed by atoms with E-state index in [1.165, 1.54) is 11.3 Å². The fourth-order valence-electron chi connectivity index (χ4n) is 1.06. The maximum absolute atomic E-state index is 5.50. The Hall–Kier alpha value is -0.600. The Labute approximate surface area is 84.1 Å². The van der Waals surface area contributed by atoms with Crippen LogP contribution in [0.4, 0.5) is 0 Å². The van der Waals surface area contributed by atoms with Crippen molar-refractivity contribution >= 4 is 11.3 Å². The Morgan fingerprint density at radius 1 is 1.46 bits per heavy atom. The Kier molecular flexibility index (Phi) is 5.54. The number of ether oxygens (including phenoxy) is 1. The Morgan fingerprint density at radius 3 is 3.08 bits per heavy atom. The molecule has 0 aliphatic carbocycles. The number of thiophene rings is 1. The van der Waals surface area contributed by atoms with Gasteiger partial charge in [0.1, 0.15) is 0 Å². The zero-order valence-electron chi connectivity index (χ0n) is 7.87. The number of unbranched alkanes of at least 4 members (excludes halogenated alkanes) is 2. The van der Waals surface area contributed by atoms with Crippen LogP contribution >= 0.6 is 11.3 Å². The summed E-state index contributed by atoms with van der Waals surface area (Å²) in [6.45, 7) is 5.32. The molecule has 0 atom stereocenters. The van der Waals surface area contributed by atoms with Crippen molar-refractivity contribution in [1.29, 1.82) is 0 Å². The first-order valence-electron chi connectivity index (χ1n) is 4.64. The fourth-order valence-corrected chi connectivity index (χ4v) is 1.70. The van der Waals surface area contributed by atoms with Gasteiger partial charge in [-0.25, -0.2) is 0 Å². The molecular formula is C11H16OS. The van der Waals surface area contributed by atoms with E-state index in [1.54, 1.807) is 11.3 Å². The van der Waals surface area contributed by atoms with Gasteiger partial charge in [-0.15, -0.1) is 17.9 Å². The summed E-state index contributed by atoms with van der Waals surface area (Å²) in [4.78, 5) is 1.31. The van der Waals surface area contributed by atoms with Crippen LogP contribution in [0.5, 0.6) is 0 Å². The topological polar surface area (TPSA) is 9.23 Å². The molecule has 0 unspecified atom stereocenters. The van der Waals surface area contributed by atoms with Crippen LogP contribution < -0.4 is 0 Å². The first-order valence-corrected chi connectivity index (χ1v) is 5.52. The Morgan fingerprint density at radius 2 is 2.38 bits per heavy atom. The molecule has 1 rings (SSSR count). The molecule has 72 valence electrons. The molecule has 0 bridgehead atoms. The highest BCUT2D eigenvalue weighted by molar-refractivity contribution is 7.09. The lowest BCUT2D eigenvalue weighted by Gasteiger charge is -2.00. The van der Waals surface area contributed by atoms with E-state index in [1.807, 2.05) is 6.08 Å². The largest absolute Gasteiger partial charge is 0.376 e. The van der Waals surface area contributed by atoms with Crippen molar-refractivity contribution in [2.45, 2.75) is 25.9 Å². The molecule has 0 aromatic carbocycles. The van der Waals surface area contributed by atoms with Crippen molar-refractivity contribution in [3.63, 3.8) is 0 Å². The summed E-state index contributed by atoms with van der Waals surface area (Å²) in [5.41, 5.74) is 0. The lowest BCUT2D eigenvalue weighted by Crippen LogP contribution is -1.93. The molecule has 1 heterocycles. The highest BCUT2D eigenvalue weighted by atomic mass is 32.1. The van der Waals surface area contributed by atoms with Crippen LogP contribution in [0.2, 0.25) is 0 Å². The summed E-state index contributed by atoms with van der Waals surface area (Å²) in [6.07, 6.45) is 5.38. The third-order valence-corrected chi connectivity index (χ3v) is 2.62. The van der Waals surface area contributed by atoms with E-state index in [0.717, 1.165) is 26.1 Å².